The molecule has 3 saturated heterocycles. The Balaban J connectivity index is 1.26. The van der Waals surface area contributed by atoms with Crippen molar-refractivity contribution in [1.82, 2.24) is 19.7 Å². The molecular formula is C21H28N4O3. The molecule has 0 N–H and O–H groups in total. The van der Waals surface area contributed by atoms with Gasteiger partial charge in [-0.2, -0.15) is 0 Å². The first-order chi connectivity index (χ1) is 13.6. The zero-order valence-corrected chi connectivity index (χ0v) is 16.3. The van der Waals surface area contributed by atoms with E-state index in [0.29, 0.717) is 44.1 Å². The number of carbonyl (C=O) groups excluding carboxylic acids is 3. The van der Waals surface area contributed by atoms with Crippen molar-refractivity contribution < 1.29 is 14.4 Å². The molecule has 0 spiro atoms. The lowest BCUT2D eigenvalue weighted by Gasteiger charge is -2.34. The van der Waals surface area contributed by atoms with Crippen molar-refractivity contribution >= 4 is 17.7 Å². The molecule has 0 aliphatic carbocycles. The Morgan fingerprint density at radius 1 is 1.07 bits per heavy atom. The summed E-state index contributed by atoms with van der Waals surface area (Å²) in [6.07, 6.45) is 7.56. The average molecular weight is 384 g/mol. The fourth-order valence-electron chi connectivity index (χ4n) is 4.61. The summed E-state index contributed by atoms with van der Waals surface area (Å²) in [6, 6.07) is 3.57. The maximum absolute atomic E-state index is 12.6. The van der Waals surface area contributed by atoms with Gasteiger partial charge in [0.25, 0.3) is 5.91 Å². The summed E-state index contributed by atoms with van der Waals surface area (Å²) < 4.78 is 0. The molecule has 0 saturated carbocycles. The van der Waals surface area contributed by atoms with Crippen molar-refractivity contribution in [3.8, 4) is 0 Å². The summed E-state index contributed by atoms with van der Waals surface area (Å²) in [7, 11) is 0. The number of rotatable bonds is 4. The van der Waals surface area contributed by atoms with E-state index in [1.54, 1.807) is 24.5 Å². The second-order valence-corrected chi connectivity index (χ2v) is 8.21. The largest absolute Gasteiger partial charge is 0.342 e. The number of hydrogen-bond donors (Lipinski definition) is 0. The van der Waals surface area contributed by atoms with Gasteiger partial charge >= 0.3 is 0 Å². The van der Waals surface area contributed by atoms with Gasteiger partial charge in [-0.25, -0.2) is 0 Å². The monoisotopic (exact) mass is 384 g/mol. The molecule has 0 bridgehead atoms. The highest BCUT2D eigenvalue weighted by Crippen LogP contribution is 2.26. The van der Waals surface area contributed by atoms with E-state index in [-0.39, 0.29) is 23.6 Å². The maximum atomic E-state index is 12.6. The highest BCUT2D eigenvalue weighted by molar-refractivity contribution is 5.94. The third-order valence-corrected chi connectivity index (χ3v) is 6.27. The zero-order chi connectivity index (χ0) is 19.5. The first-order valence-electron chi connectivity index (χ1n) is 10.4. The van der Waals surface area contributed by atoms with E-state index in [9.17, 15) is 14.4 Å². The standard InChI is InChI=1S/C21H28N4O3/c26-19-12-18(21(28)23-8-1-2-9-23)15-25(19)14-16-5-10-24(11-6-16)20(27)17-4-3-7-22-13-17/h3-4,7,13,16,18H,1-2,5-6,8-12,14-15H2. The van der Waals surface area contributed by atoms with Crippen LogP contribution in [0.1, 0.15) is 42.5 Å². The van der Waals surface area contributed by atoms with Crippen LogP contribution in [0.25, 0.3) is 0 Å². The number of piperidine rings is 1. The van der Waals surface area contributed by atoms with E-state index in [1.165, 1.54) is 0 Å². The molecule has 3 fully saturated rings. The Hall–Kier alpha value is -2.44. The van der Waals surface area contributed by atoms with Crippen molar-refractivity contribution in [2.24, 2.45) is 11.8 Å². The Morgan fingerprint density at radius 3 is 2.50 bits per heavy atom. The van der Waals surface area contributed by atoms with E-state index in [4.69, 9.17) is 0 Å². The summed E-state index contributed by atoms with van der Waals surface area (Å²) in [5, 5.41) is 0. The lowest BCUT2D eigenvalue weighted by molar-refractivity contribution is -0.134. The predicted octanol–water partition coefficient (Wildman–Crippen LogP) is 1.40. The average Bonchev–Trinajstić information content (AvgIpc) is 3.39. The first-order valence-corrected chi connectivity index (χ1v) is 10.4. The fourth-order valence-corrected chi connectivity index (χ4v) is 4.61. The van der Waals surface area contributed by atoms with Gasteiger partial charge in [0.2, 0.25) is 11.8 Å². The van der Waals surface area contributed by atoms with Gasteiger partial charge in [-0.05, 0) is 43.7 Å². The van der Waals surface area contributed by atoms with Gasteiger partial charge < -0.3 is 14.7 Å². The lowest BCUT2D eigenvalue weighted by Crippen LogP contribution is -2.42. The number of nitrogens with zero attached hydrogens (tertiary/aromatic N) is 4. The number of hydrogen-bond acceptors (Lipinski definition) is 4. The van der Waals surface area contributed by atoms with Crippen LogP contribution in [-0.2, 0) is 9.59 Å². The summed E-state index contributed by atoms with van der Waals surface area (Å²) in [6.45, 7) is 4.35. The summed E-state index contributed by atoms with van der Waals surface area (Å²) in [5.74, 6) is 0.511. The predicted molar refractivity (Wildman–Crippen MR) is 103 cm³/mol. The quantitative estimate of drug-likeness (QED) is 0.787. The maximum Gasteiger partial charge on any atom is 0.255 e. The van der Waals surface area contributed by atoms with Crippen molar-refractivity contribution in [3.63, 3.8) is 0 Å². The van der Waals surface area contributed by atoms with Crippen LogP contribution in [0, 0.1) is 11.8 Å². The van der Waals surface area contributed by atoms with Crippen molar-refractivity contribution in [1.29, 1.82) is 0 Å². The minimum atomic E-state index is -0.169. The van der Waals surface area contributed by atoms with Crippen LogP contribution in [0.3, 0.4) is 0 Å². The molecule has 3 amide bonds. The van der Waals surface area contributed by atoms with Gasteiger partial charge in [-0.1, -0.05) is 0 Å². The molecule has 4 rings (SSSR count). The number of amides is 3. The SMILES string of the molecule is O=C1CC(C(=O)N2CCCC2)CN1CC1CCN(C(=O)c2cccnc2)CC1. The summed E-state index contributed by atoms with van der Waals surface area (Å²) in [5.41, 5.74) is 0.624. The first kappa shape index (κ1) is 18.9. The van der Waals surface area contributed by atoms with Crippen molar-refractivity contribution in [3.05, 3.63) is 30.1 Å². The number of likely N-dealkylation sites (tertiary alicyclic amines) is 3. The minimum absolute atomic E-state index is 0.0278. The molecule has 28 heavy (non-hydrogen) atoms. The molecular weight excluding hydrogens is 356 g/mol. The van der Waals surface area contributed by atoms with Crippen LogP contribution in [0.5, 0.6) is 0 Å². The Kier molecular flexibility index (Phi) is 5.59. The molecule has 1 unspecified atom stereocenters. The van der Waals surface area contributed by atoms with Crippen LogP contribution in [0.4, 0.5) is 0 Å². The van der Waals surface area contributed by atoms with Crippen LogP contribution in [0.2, 0.25) is 0 Å². The Labute approximate surface area is 165 Å². The molecule has 150 valence electrons. The lowest BCUT2D eigenvalue weighted by atomic mass is 9.95. The van der Waals surface area contributed by atoms with Gasteiger partial charge in [0.1, 0.15) is 0 Å². The highest BCUT2D eigenvalue weighted by Gasteiger charge is 2.38. The van der Waals surface area contributed by atoms with Crippen LogP contribution >= 0.6 is 0 Å². The molecule has 1 aromatic heterocycles. The van der Waals surface area contributed by atoms with E-state index in [1.807, 2.05) is 14.7 Å². The van der Waals surface area contributed by atoms with E-state index >= 15 is 0 Å². The second-order valence-electron chi connectivity index (χ2n) is 8.21. The molecule has 0 aromatic carbocycles. The molecule has 3 aliphatic heterocycles. The van der Waals surface area contributed by atoms with Crippen molar-refractivity contribution in [2.45, 2.75) is 32.1 Å². The second kappa shape index (κ2) is 8.29. The smallest absolute Gasteiger partial charge is 0.255 e. The molecule has 1 atom stereocenters. The Bertz CT molecular complexity index is 724. The van der Waals surface area contributed by atoms with Crippen LogP contribution < -0.4 is 0 Å². The summed E-state index contributed by atoms with van der Waals surface area (Å²) in [4.78, 5) is 47.2. The van der Waals surface area contributed by atoms with Gasteiger partial charge in [0.15, 0.2) is 0 Å². The highest BCUT2D eigenvalue weighted by atomic mass is 16.2. The molecule has 7 heteroatoms. The van der Waals surface area contributed by atoms with Crippen LogP contribution in [0.15, 0.2) is 24.5 Å². The topological polar surface area (TPSA) is 73.8 Å². The van der Waals surface area contributed by atoms with Gasteiger partial charge in [-0.15, -0.1) is 0 Å². The zero-order valence-electron chi connectivity index (χ0n) is 16.3. The fraction of sp³-hybridized carbons (Fsp3) is 0.619. The van der Waals surface area contributed by atoms with Crippen molar-refractivity contribution in [2.75, 3.05) is 39.3 Å². The minimum Gasteiger partial charge on any atom is -0.342 e. The van der Waals surface area contributed by atoms with E-state index in [2.05, 4.69) is 4.98 Å². The third-order valence-electron chi connectivity index (χ3n) is 6.27. The Morgan fingerprint density at radius 2 is 1.82 bits per heavy atom. The van der Waals surface area contributed by atoms with E-state index < -0.39 is 0 Å². The summed E-state index contributed by atoms with van der Waals surface area (Å²) >= 11 is 0. The van der Waals surface area contributed by atoms with Gasteiger partial charge in [-0.3, -0.25) is 19.4 Å². The molecule has 3 aliphatic rings. The number of carbonyl (C=O) groups is 3. The third kappa shape index (κ3) is 4.03. The molecule has 1 aromatic rings. The van der Waals surface area contributed by atoms with Crippen LogP contribution in [-0.4, -0.2) is 76.7 Å². The molecule has 0 radical (unpaired) electrons. The number of pyridine rings is 1. The molecule has 7 nitrogen and oxygen atoms in total. The molecule has 4 heterocycles. The number of aromatic nitrogens is 1. The van der Waals surface area contributed by atoms with Gasteiger partial charge in [0.05, 0.1) is 11.5 Å². The van der Waals surface area contributed by atoms with E-state index in [0.717, 1.165) is 38.8 Å². The van der Waals surface area contributed by atoms with Gasteiger partial charge in [0, 0.05) is 58.1 Å². The normalized spacial score (nSPS) is 23.5.